The summed E-state index contributed by atoms with van der Waals surface area (Å²) in [5.41, 5.74) is 11.8. The molecule has 0 fully saturated rings. The highest BCUT2D eigenvalue weighted by atomic mass is 28.3. The smallest absolute Gasteiger partial charge is 0.166 e. The molecule has 4 nitrogen and oxygen atoms in total. The highest BCUT2D eigenvalue weighted by molar-refractivity contribution is 6.55. The molecule has 17 heavy (non-hydrogen) atoms. The van der Waals surface area contributed by atoms with E-state index in [0.29, 0.717) is 12.5 Å². The van der Waals surface area contributed by atoms with E-state index in [1.165, 1.54) is 0 Å². The second-order valence-corrected chi connectivity index (χ2v) is 11.0. The lowest BCUT2D eigenvalue weighted by Gasteiger charge is -2.33. The van der Waals surface area contributed by atoms with Crippen molar-refractivity contribution in [3.8, 4) is 0 Å². The summed E-state index contributed by atoms with van der Waals surface area (Å²) in [4.78, 5) is 0. The first kappa shape index (κ1) is 17.3. The Hall–Kier alpha value is 0.274. The average molecular weight is 279 g/mol. The van der Waals surface area contributed by atoms with Gasteiger partial charge in [-0.1, -0.05) is 6.92 Å². The lowest BCUT2D eigenvalue weighted by atomic mass is 9.96. The molecule has 2 unspecified atom stereocenters. The Morgan fingerprint density at radius 3 is 1.94 bits per heavy atom. The van der Waals surface area contributed by atoms with Crippen LogP contribution in [0, 0.1) is 5.92 Å². The van der Waals surface area contributed by atoms with Gasteiger partial charge in [0.2, 0.25) is 0 Å². The first-order chi connectivity index (χ1) is 7.99. The molecular formula is C11H30N2O2Si2. The van der Waals surface area contributed by atoms with E-state index in [0.717, 1.165) is 19.6 Å². The van der Waals surface area contributed by atoms with Gasteiger partial charge < -0.3 is 20.3 Å². The van der Waals surface area contributed by atoms with Crippen molar-refractivity contribution in [2.45, 2.75) is 44.8 Å². The Bertz CT molecular complexity index is 186. The zero-order valence-electron chi connectivity index (χ0n) is 11.9. The molecule has 2 atom stereocenters. The van der Waals surface area contributed by atoms with E-state index in [4.69, 9.17) is 20.3 Å². The molecule has 4 N–H and O–H groups in total. The molecule has 0 aromatic heterocycles. The summed E-state index contributed by atoms with van der Waals surface area (Å²) < 4.78 is 11.7. The maximum atomic E-state index is 5.98. The van der Waals surface area contributed by atoms with E-state index >= 15 is 0 Å². The highest BCUT2D eigenvalue weighted by Crippen LogP contribution is 2.32. The van der Waals surface area contributed by atoms with Crippen molar-refractivity contribution in [3.05, 3.63) is 0 Å². The second-order valence-electron chi connectivity index (χ2n) is 5.14. The van der Waals surface area contributed by atoms with Gasteiger partial charge in [-0.15, -0.1) is 0 Å². The minimum atomic E-state index is -0.550. The van der Waals surface area contributed by atoms with E-state index in [-0.39, 0.29) is 10.7 Å². The summed E-state index contributed by atoms with van der Waals surface area (Å²) in [6.07, 6.45) is 1.07. The van der Waals surface area contributed by atoms with E-state index in [2.05, 4.69) is 20.8 Å². The molecule has 0 aromatic rings. The van der Waals surface area contributed by atoms with Gasteiger partial charge in [-0.25, -0.2) is 0 Å². The molecular weight excluding hydrogens is 248 g/mol. The fraction of sp³-hybridized carbons (Fsp3) is 1.00. The molecule has 0 bridgehead atoms. The monoisotopic (exact) mass is 278 g/mol. The van der Waals surface area contributed by atoms with Crippen LogP contribution >= 0.6 is 0 Å². The molecule has 0 aliphatic rings. The topological polar surface area (TPSA) is 70.5 Å². The maximum Gasteiger partial charge on any atom is 0.166 e. The van der Waals surface area contributed by atoms with Crippen LogP contribution in [0.2, 0.25) is 4.66 Å². The van der Waals surface area contributed by atoms with Crippen LogP contribution in [0.1, 0.15) is 34.1 Å². The summed E-state index contributed by atoms with van der Waals surface area (Å²) in [6, 6.07) is 0.158. The van der Waals surface area contributed by atoms with Crippen LogP contribution in [-0.4, -0.2) is 45.3 Å². The fourth-order valence-electron chi connectivity index (χ4n) is 1.97. The summed E-state index contributed by atoms with van der Waals surface area (Å²) in [7, 11) is -1.10. The molecule has 0 saturated heterocycles. The standard InChI is InChI=1S/C11H30N2O2Si2/c1-5-14-16-11(4,17-15-6-2)7-10(8-12)9(3)13/h9-10H,5-8,12-13,16-17H2,1-4H3. The van der Waals surface area contributed by atoms with Crippen molar-refractivity contribution in [2.24, 2.45) is 17.4 Å². The Morgan fingerprint density at radius 2 is 1.65 bits per heavy atom. The summed E-state index contributed by atoms with van der Waals surface area (Å²) >= 11 is 0. The van der Waals surface area contributed by atoms with Crippen LogP contribution in [0.5, 0.6) is 0 Å². The van der Waals surface area contributed by atoms with Crippen LogP contribution in [0.4, 0.5) is 0 Å². The first-order valence-electron chi connectivity index (χ1n) is 6.60. The quantitative estimate of drug-likeness (QED) is 0.537. The molecule has 0 heterocycles. The third kappa shape index (κ3) is 7.33. The summed E-state index contributed by atoms with van der Waals surface area (Å²) in [5.74, 6) is 0.390. The van der Waals surface area contributed by atoms with Gasteiger partial charge in [-0.2, -0.15) is 0 Å². The van der Waals surface area contributed by atoms with Crippen LogP contribution in [0.25, 0.3) is 0 Å². The molecule has 0 radical (unpaired) electrons. The van der Waals surface area contributed by atoms with Gasteiger partial charge >= 0.3 is 0 Å². The molecule has 6 heteroatoms. The lowest BCUT2D eigenvalue weighted by Crippen LogP contribution is -2.39. The predicted molar refractivity (Wildman–Crippen MR) is 79.5 cm³/mol. The van der Waals surface area contributed by atoms with Crippen LogP contribution in [-0.2, 0) is 8.85 Å². The van der Waals surface area contributed by atoms with Crippen molar-refractivity contribution < 1.29 is 8.85 Å². The van der Waals surface area contributed by atoms with Gasteiger partial charge in [0.05, 0.1) is 0 Å². The van der Waals surface area contributed by atoms with Crippen molar-refractivity contribution in [1.82, 2.24) is 0 Å². The Kier molecular flexibility index (Phi) is 9.39. The molecule has 0 amide bonds. The van der Waals surface area contributed by atoms with Gasteiger partial charge in [-0.05, 0) is 44.3 Å². The van der Waals surface area contributed by atoms with Crippen molar-refractivity contribution in [3.63, 3.8) is 0 Å². The van der Waals surface area contributed by atoms with Crippen LogP contribution in [0.15, 0.2) is 0 Å². The zero-order chi connectivity index (χ0) is 13.3. The molecule has 0 rings (SSSR count). The van der Waals surface area contributed by atoms with Crippen molar-refractivity contribution in [1.29, 1.82) is 0 Å². The minimum absolute atomic E-state index is 0.158. The summed E-state index contributed by atoms with van der Waals surface area (Å²) in [6.45, 7) is 10.8. The molecule has 0 aliphatic carbocycles. The lowest BCUT2D eigenvalue weighted by molar-refractivity contribution is 0.303. The number of hydrogen-bond donors (Lipinski definition) is 2. The SMILES string of the molecule is CCO[SiH2]C(C)(CC(CN)C(C)N)[SiH2]OCC. The van der Waals surface area contributed by atoms with Crippen LogP contribution in [0.3, 0.4) is 0 Å². The molecule has 104 valence electrons. The number of nitrogens with two attached hydrogens (primary N) is 2. The van der Waals surface area contributed by atoms with Crippen molar-refractivity contribution >= 4 is 19.5 Å². The van der Waals surface area contributed by atoms with Gasteiger partial charge in [0.1, 0.15) is 0 Å². The molecule has 0 spiro atoms. The van der Waals surface area contributed by atoms with E-state index < -0.39 is 19.5 Å². The minimum Gasteiger partial charge on any atom is -0.424 e. The number of rotatable bonds is 10. The van der Waals surface area contributed by atoms with E-state index in [9.17, 15) is 0 Å². The van der Waals surface area contributed by atoms with E-state index in [1.54, 1.807) is 0 Å². The molecule has 0 aromatic carbocycles. The predicted octanol–water partition coefficient (Wildman–Crippen LogP) is -0.325. The fourth-order valence-corrected chi connectivity index (χ4v) is 5.54. The Morgan fingerprint density at radius 1 is 1.18 bits per heavy atom. The third-order valence-corrected chi connectivity index (χ3v) is 7.53. The Balaban J connectivity index is 4.42. The number of hydrogen-bond acceptors (Lipinski definition) is 4. The van der Waals surface area contributed by atoms with Gasteiger partial charge in [0, 0.05) is 19.3 Å². The third-order valence-electron chi connectivity index (χ3n) is 3.11. The van der Waals surface area contributed by atoms with Gasteiger partial charge in [0.25, 0.3) is 0 Å². The second kappa shape index (κ2) is 9.24. The Labute approximate surface area is 111 Å². The molecule has 0 aliphatic heterocycles. The average Bonchev–Trinajstić information content (AvgIpc) is 2.31. The maximum absolute atomic E-state index is 5.98. The van der Waals surface area contributed by atoms with Crippen molar-refractivity contribution in [2.75, 3.05) is 19.8 Å². The van der Waals surface area contributed by atoms with Gasteiger partial charge in [-0.3, -0.25) is 0 Å². The molecule has 0 saturated carbocycles. The summed E-state index contributed by atoms with van der Waals surface area (Å²) in [5, 5.41) is 0. The van der Waals surface area contributed by atoms with E-state index in [1.807, 2.05) is 6.92 Å². The van der Waals surface area contributed by atoms with Crippen LogP contribution < -0.4 is 11.5 Å². The van der Waals surface area contributed by atoms with Gasteiger partial charge in [0.15, 0.2) is 19.5 Å². The largest absolute Gasteiger partial charge is 0.424 e. The highest BCUT2D eigenvalue weighted by Gasteiger charge is 2.31. The zero-order valence-corrected chi connectivity index (χ0v) is 14.7. The first-order valence-corrected chi connectivity index (χ1v) is 9.17. The normalized spacial score (nSPS) is 20.1.